The first-order chi connectivity index (χ1) is 13.6. The number of piperidine rings is 1. The van der Waals surface area contributed by atoms with E-state index < -0.39 is 0 Å². The third kappa shape index (κ3) is 3.18. The van der Waals surface area contributed by atoms with Crippen LogP contribution in [-0.2, 0) is 0 Å². The third-order valence-electron chi connectivity index (χ3n) is 5.85. The predicted octanol–water partition coefficient (Wildman–Crippen LogP) is 6.71. The number of hydrogen-bond acceptors (Lipinski definition) is 2. The summed E-state index contributed by atoms with van der Waals surface area (Å²) in [5.74, 6) is 0. The van der Waals surface area contributed by atoms with Gasteiger partial charge < -0.3 is 4.90 Å². The van der Waals surface area contributed by atoms with E-state index in [2.05, 4.69) is 73.0 Å². The summed E-state index contributed by atoms with van der Waals surface area (Å²) < 4.78 is 0. The van der Waals surface area contributed by atoms with Crippen LogP contribution in [0.2, 0.25) is 0 Å². The molecule has 0 atom stereocenters. The van der Waals surface area contributed by atoms with Crippen molar-refractivity contribution in [1.29, 1.82) is 5.26 Å². The first-order valence-corrected chi connectivity index (χ1v) is 10.1. The van der Waals surface area contributed by atoms with E-state index in [0.717, 1.165) is 41.0 Å². The standard InChI is InChI=1S/C26H26N2/c1-18(2)26-19(3)24(17-27)25(28-13-7-4-8-14-28)16-23(26)22-12-11-20-9-5-6-10-21(20)15-22/h5-6,9-12,15-16H,1,4,7-8,13-14H2,2-3H3. The number of nitriles is 1. The molecule has 28 heavy (non-hydrogen) atoms. The molecule has 0 spiro atoms. The van der Waals surface area contributed by atoms with Gasteiger partial charge in [-0.15, -0.1) is 0 Å². The Labute approximate surface area is 167 Å². The molecule has 1 heterocycles. The van der Waals surface area contributed by atoms with Gasteiger partial charge >= 0.3 is 0 Å². The molecule has 4 rings (SSSR count). The first kappa shape index (κ1) is 18.3. The molecule has 0 unspecified atom stereocenters. The van der Waals surface area contributed by atoms with Gasteiger partial charge in [-0.1, -0.05) is 48.6 Å². The smallest absolute Gasteiger partial charge is 0.102 e. The average molecular weight is 367 g/mol. The van der Waals surface area contributed by atoms with E-state index in [1.54, 1.807) is 0 Å². The zero-order valence-corrected chi connectivity index (χ0v) is 16.8. The van der Waals surface area contributed by atoms with Gasteiger partial charge in [0.2, 0.25) is 0 Å². The molecule has 0 saturated carbocycles. The molecule has 0 amide bonds. The summed E-state index contributed by atoms with van der Waals surface area (Å²) in [6, 6.07) is 19.8. The second-order valence-electron chi connectivity index (χ2n) is 7.82. The summed E-state index contributed by atoms with van der Waals surface area (Å²) in [6.07, 6.45) is 3.66. The van der Waals surface area contributed by atoms with E-state index in [9.17, 15) is 5.26 Å². The van der Waals surface area contributed by atoms with Gasteiger partial charge in [0, 0.05) is 13.1 Å². The van der Waals surface area contributed by atoms with Gasteiger partial charge in [-0.3, -0.25) is 0 Å². The minimum Gasteiger partial charge on any atom is -0.370 e. The monoisotopic (exact) mass is 366 g/mol. The maximum Gasteiger partial charge on any atom is 0.102 e. The van der Waals surface area contributed by atoms with Gasteiger partial charge in [0.25, 0.3) is 0 Å². The Bertz CT molecular complexity index is 1100. The largest absolute Gasteiger partial charge is 0.370 e. The minimum atomic E-state index is 0.796. The summed E-state index contributed by atoms with van der Waals surface area (Å²) in [7, 11) is 0. The number of benzene rings is 3. The van der Waals surface area contributed by atoms with Crippen molar-refractivity contribution in [1.82, 2.24) is 0 Å². The number of nitrogens with zero attached hydrogens (tertiary/aromatic N) is 2. The molecule has 1 saturated heterocycles. The molecule has 1 aliphatic heterocycles. The highest BCUT2D eigenvalue weighted by molar-refractivity contribution is 5.92. The van der Waals surface area contributed by atoms with Crippen LogP contribution in [0.1, 0.15) is 42.9 Å². The average Bonchev–Trinajstić information content (AvgIpc) is 2.73. The maximum absolute atomic E-state index is 9.93. The number of rotatable bonds is 3. The third-order valence-corrected chi connectivity index (χ3v) is 5.85. The molecule has 2 nitrogen and oxygen atoms in total. The van der Waals surface area contributed by atoms with Crippen molar-refractivity contribution in [3.05, 3.63) is 71.8 Å². The SMILES string of the molecule is C=C(C)c1c(-c2ccc3ccccc3c2)cc(N2CCCCC2)c(C#N)c1C. The Morgan fingerprint density at radius 2 is 1.71 bits per heavy atom. The highest BCUT2D eigenvalue weighted by Crippen LogP contribution is 2.39. The molecule has 0 aromatic heterocycles. The predicted molar refractivity (Wildman–Crippen MR) is 120 cm³/mol. The molecule has 3 aromatic carbocycles. The van der Waals surface area contributed by atoms with Crippen LogP contribution in [0.25, 0.3) is 27.5 Å². The lowest BCUT2D eigenvalue weighted by Crippen LogP contribution is -2.30. The van der Waals surface area contributed by atoms with Crippen LogP contribution in [0.3, 0.4) is 0 Å². The molecule has 1 aliphatic rings. The lowest BCUT2D eigenvalue weighted by molar-refractivity contribution is 0.577. The summed E-state index contributed by atoms with van der Waals surface area (Å²) in [5, 5.41) is 12.4. The van der Waals surface area contributed by atoms with Gasteiger partial charge in [-0.05, 0) is 78.3 Å². The topological polar surface area (TPSA) is 27.0 Å². The van der Waals surface area contributed by atoms with Gasteiger partial charge in [-0.25, -0.2) is 0 Å². The molecular weight excluding hydrogens is 340 g/mol. The van der Waals surface area contributed by atoms with Crippen molar-refractivity contribution in [2.45, 2.75) is 33.1 Å². The Kier molecular flexibility index (Phi) is 4.92. The van der Waals surface area contributed by atoms with E-state index in [4.69, 9.17) is 0 Å². The van der Waals surface area contributed by atoms with E-state index in [-0.39, 0.29) is 0 Å². The zero-order chi connectivity index (χ0) is 19.7. The van der Waals surface area contributed by atoms with Crippen LogP contribution in [-0.4, -0.2) is 13.1 Å². The number of fused-ring (bicyclic) bond motifs is 1. The fourth-order valence-corrected chi connectivity index (χ4v) is 4.46. The fourth-order valence-electron chi connectivity index (χ4n) is 4.46. The van der Waals surface area contributed by atoms with Crippen molar-refractivity contribution >= 4 is 22.0 Å². The van der Waals surface area contributed by atoms with Gasteiger partial charge in [0.15, 0.2) is 0 Å². The molecule has 0 radical (unpaired) electrons. The van der Waals surface area contributed by atoms with Crippen molar-refractivity contribution in [3.8, 4) is 17.2 Å². The van der Waals surface area contributed by atoms with Gasteiger partial charge in [0.05, 0.1) is 11.3 Å². The Morgan fingerprint density at radius 1 is 1.00 bits per heavy atom. The zero-order valence-electron chi connectivity index (χ0n) is 16.8. The highest BCUT2D eigenvalue weighted by Gasteiger charge is 2.21. The number of anilines is 1. The molecular formula is C26H26N2. The fraction of sp³-hybridized carbons (Fsp3) is 0.269. The van der Waals surface area contributed by atoms with Gasteiger partial charge in [-0.2, -0.15) is 5.26 Å². The van der Waals surface area contributed by atoms with E-state index in [1.165, 1.54) is 41.2 Å². The molecule has 0 bridgehead atoms. The van der Waals surface area contributed by atoms with Crippen LogP contribution in [0.5, 0.6) is 0 Å². The summed E-state index contributed by atoms with van der Waals surface area (Å²) in [4.78, 5) is 2.39. The lowest BCUT2D eigenvalue weighted by atomic mass is 9.87. The quantitative estimate of drug-likeness (QED) is 0.515. The normalized spacial score (nSPS) is 14.1. The summed E-state index contributed by atoms with van der Waals surface area (Å²) >= 11 is 0. The minimum absolute atomic E-state index is 0.796. The molecule has 140 valence electrons. The Morgan fingerprint density at radius 3 is 2.39 bits per heavy atom. The second-order valence-corrected chi connectivity index (χ2v) is 7.82. The second kappa shape index (κ2) is 7.52. The van der Waals surface area contributed by atoms with Crippen LogP contribution in [0.4, 0.5) is 5.69 Å². The molecule has 1 fully saturated rings. The number of allylic oxidation sites excluding steroid dienone is 1. The maximum atomic E-state index is 9.93. The van der Waals surface area contributed by atoms with E-state index in [0.29, 0.717) is 0 Å². The van der Waals surface area contributed by atoms with Gasteiger partial charge in [0.1, 0.15) is 6.07 Å². The molecule has 3 aromatic rings. The Balaban J connectivity index is 1.97. The van der Waals surface area contributed by atoms with Crippen LogP contribution < -0.4 is 4.90 Å². The molecule has 2 heteroatoms. The van der Waals surface area contributed by atoms with E-state index in [1.807, 2.05) is 6.92 Å². The van der Waals surface area contributed by atoms with Crippen molar-refractivity contribution in [2.24, 2.45) is 0 Å². The van der Waals surface area contributed by atoms with E-state index >= 15 is 0 Å². The van der Waals surface area contributed by atoms with Crippen LogP contribution >= 0.6 is 0 Å². The highest BCUT2D eigenvalue weighted by atomic mass is 15.1. The lowest BCUT2D eigenvalue weighted by Gasteiger charge is -2.31. The van der Waals surface area contributed by atoms with Crippen LogP contribution in [0, 0.1) is 18.3 Å². The van der Waals surface area contributed by atoms with Crippen molar-refractivity contribution < 1.29 is 0 Å². The van der Waals surface area contributed by atoms with Crippen molar-refractivity contribution in [2.75, 3.05) is 18.0 Å². The summed E-state index contributed by atoms with van der Waals surface area (Å²) in [6.45, 7) is 10.4. The number of hydrogen-bond donors (Lipinski definition) is 0. The van der Waals surface area contributed by atoms with Crippen LogP contribution in [0.15, 0.2) is 55.1 Å². The first-order valence-electron chi connectivity index (χ1n) is 10.1. The summed E-state index contributed by atoms with van der Waals surface area (Å²) in [5.41, 5.74) is 7.38. The Hall–Kier alpha value is -3.05. The molecule has 0 N–H and O–H groups in total. The van der Waals surface area contributed by atoms with Crippen molar-refractivity contribution in [3.63, 3.8) is 0 Å². The molecule has 0 aliphatic carbocycles.